The van der Waals surface area contributed by atoms with Gasteiger partial charge in [-0.15, -0.1) is 11.8 Å². The van der Waals surface area contributed by atoms with Crippen LogP contribution in [-0.2, 0) is 0 Å². The van der Waals surface area contributed by atoms with Crippen molar-refractivity contribution in [2.45, 2.75) is 24.8 Å². The normalized spacial score (nSPS) is 20.3. The van der Waals surface area contributed by atoms with Crippen molar-refractivity contribution in [3.05, 3.63) is 74.3 Å². The number of benzene rings is 2. The number of nitro benzene ring substituents is 1. The monoisotopic (exact) mass is 447 g/mol. The maximum atomic E-state index is 11.1. The highest BCUT2D eigenvalue weighted by atomic mass is 35.5. The molecule has 29 heavy (non-hydrogen) atoms. The molecule has 0 bridgehead atoms. The number of halogens is 1. The Hall–Kier alpha value is -1.67. The molecule has 2 aliphatic heterocycles. The predicted octanol–water partition coefficient (Wildman–Crippen LogP) is 6.26. The van der Waals surface area contributed by atoms with E-state index in [1.165, 1.54) is 29.2 Å². The van der Waals surface area contributed by atoms with Crippen LogP contribution >= 0.6 is 35.1 Å². The van der Waals surface area contributed by atoms with Gasteiger partial charge < -0.3 is 4.90 Å². The molecule has 0 N–H and O–H groups in total. The third-order valence-corrected chi connectivity index (χ3v) is 7.75. The fourth-order valence-electron chi connectivity index (χ4n) is 3.76. The zero-order chi connectivity index (χ0) is 20.4. The molecule has 0 spiro atoms. The van der Waals surface area contributed by atoms with E-state index in [2.05, 4.69) is 28.2 Å². The summed E-state index contributed by atoms with van der Waals surface area (Å²) >= 11 is 9.67. The molecule has 0 unspecified atom stereocenters. The number of hydrogen-bond acceptors (Lipinski definition) is 6. The minimum absolute atomic E-state index is 0.114. The van der Waals surface area contributed by atoms with E-state index in [-0.39, 0.29) is 16.1 Å². The molecule has 0 aliphatic carbocycles. The van der Waals surface area contributed by atoms with Gasteiger partial charge in [0.2, 0.25) is 0 Å². The van der Waals surface area contributed by atoms with Crippen molar-refractivity contribution in [1.82, 2.24) is 4.90 Å². The number of rotatable bonds is 5. The Morgan fingerprint density at radius 1 is 1.07 bits per heavy atom. The summed E-state index contributed by atoms with van der Waals surface area (Å²) in [5.41, 5.74) is 2.38. The van der Waals surface area contributed by atoms with Crippen LogP contribution < -0.4 is 4.90 Å². The molecule has 0 saturated carbocycles. The van der Waals surface area contributed by atoms with E-state index in [1.807, 2.05) is 36.0 Å². The van der Waals surface area contributed by atoms with Gasteiger partial charge in [0.1, 0.15) is 5.50 Å². The van der Waals surface area contributed by atoms with Gasteiger partial charge in [0.05, 0.1) is 9.95 Å². The third-order valence-electron chi connectivity index (χ3n) is 5.20. The zero-order valence-electron chi connectivity index (χ0n) is 16.1. The molecule has 1 atom stereocenters. The number of anilines is 1. The smallest absolute Gasteiger partial charge is 0.269 e. The maximum absolute atomic E-state index is 11.1. The molecule has 5 nitrogen and oxygen atoms in total. The van der Waals surface area contributed by atoms with Crippen LogP contribution in [0.1, 0.15) is 24.8 Å². The van der Waals surface area contributed by atoms with Crippen LogP contribution in [-0.4, -0.2) is 34.7 Å². The van der Waals surface area contributed by atoms with Gasteiger partial charge in [0.25, 0.3) is 5.69 Å². The molecule has 2 aliphatic rings. The second-order valence-corrected chi connectivity index (χ2v) is 9.33. The van der Waals surface area contributed by atoms with E-state index < -0.39 is 0 Å². The first-order chi connectivity index (χ1) is 14.1. The predicted molar refractivity (Wildman–Crippen MR) is 124 cm³/mol. The first-order valence-electron chi connectivity index (χ1n) is 9.57. The van der Waals surface area contributed by atoms with Crippen LogP contribution in [0, 0.1) is 10.1 Å². The molecule has 152 valence electrons. The molecule has 1 fully saturated rings. The second kappa shape index (κ2) is 9.00. The molecule has 0 radical (unpaired) electrons. The number of non-ortho nitro benzene ring substituents is 1. The average molecular weight is 448 g/mol. The SMILES string of the molecule is CSC1=C(c2ccc(Cl)cc2)S[C@@H](N2CCCCC2)N1c1ccc([N+](=O)[O-])cc1. The summed E-state index contributed by atoms with van der Waals surface area (Å²) in [5, 5.41) is 13.0. The van der Waals surface area contributed by atoms with Crippen LogP contribution in [0.25, 0.3) is 4.91 Å². The lowest BCUT2D eigenvalue weighted by molar-refractivity contribution is -0.384. The van der Waals surface area contributed by atoms with Gasteiger partial charge in [-0.1, -0.05) is 41.9 Å². The van der Waals surface area contributed by atoms with Gasteiger partial charge in [-0.3, -0.25) is 15.0 Å². The van der Waals surface area contributed by atoms with Crippen molar-refractivity contribution in [2.75, 3.05) is 24.2 Å². The molecule has 2 heterocycles. The zero-order valence-corrected chi connectivity index (χ0v) is 18.5. The van der Waals surface area contributed by atoms with Crippen LogP contribution in [0.4, 0.5) is 11.4 Å². The summed E-state index contributed by atoms with van der Waals surface area (Å²) in [6.07, 6.45) is 5.77. The lowest BCUT2D eigenvalue weighted by Gasteiger charge is -2.38. The fraction of sp³-hybridized carbons (Fsp3) is 0.333. The summed E-state index contributed by atoms with van der Waals surface area (Å²) in [5.74, 6) is 0. The van der Waals surface area contributed by atoms with Gasteiger partial charge in [-0.25, -0.2) is 0 Å². The van der Waals surface area contributed by atoms with Crippen molar-refractivity contribution in [2.24, 2.45) is 0 Å². The molecule has 0 aromatic heterocycles. The number of nitrogens with zero attached hydrogens (tertiary/aromatic N) is 3. The minimum atomic E-state index is -0.352. The number of hydrogen-bond donors (Lipinski definition) is 0. The molecule has 1 saturated heterocycles. The van der Waals surface area contributed by atoms with E-state index in [0.29, 0.717) is 0 Å². The van der Waals surface area contributed by atoms with Crippen LogP contribution in [0.5, 0.6) is 0 Å². The van der Waals surface area contributed by atoms with Crippen LogP contribution in [0.3, 0.4) is 0 Å². The first kappa shape index (κ1) is 20.6. The largest absolute Gasteiger partial charge is 0.309 e. The van der Waals surface area contributed by atoms with Crippen LogP contribution in [0.2, 0.25) is 5.02 Å². The number of likely N-dealkylation sites (tertiary alicyclic amines) is 1. The molecule has 2 aromatic rings. The fourth-order valence-corrected chi connectivity index (χ4v) is 6.43. The molecular weight excluding hydrogens is 426 g/mol. The molecule has 8 heteroatoms. The molecular formula is C21H22ClN3O2S2. The van der Waals surface area contributed by atoms with E-state index in [4.69, 9.17) is 11.6 Å². The Bertz CT molecular complexity index is 913. The molecule has 0 amide bonds. The Morgan fingerprint density at radius 3 is 2.31 bits per heavy atom. The summed E-state index contributed by atoms with van der Waals surface area (Å²) in [7, 11) is 0. The van der Waals surface area contributed by atoms with Gasteiger partial charge in [0, 0.05) is 40.8 Å². The highest BCUT2D eigenvalue weighted by Crippen LogP contribution is 2.51. The van der Waals surface area contributed by atoms with Gasteiger partial charge in [0.15, 0.2) is 0 Å². The summed E-state index contributed by atoms with van der Waals surface area (Å²) in [6, 6.07) is 14.9. The maximum Gasteiger partial charge on any atom is 0.269 e. The number of piperidine rings is 1. The topological polar surface area (TPSA) is 49.6 Å². The van der Waals surface area contributed by atoms with E-state index >= 15 is 0 Å². The van der Waals surface area contributed by atoms with Crippen molar-refractivity contribution < 1.29 is 4.92 Å². The summed E-state index contributed by atoms with van der Waals surface area (Å²) in [4.78, 5) is 16.8. The number of thioether (sulfide) groups is 2. The van der Waals surface area contributed by atoms with E-state index in [0.717, 1.165) is 29.4 Å². The van der Waals surface area contributed by atoms with E-state index in [9.17, 15) is 10.1 Å². The van der Waals surface area contributed by atoms with E-state index in [1.54, 1.807) is 23.9 Å². The van der Waals surface area contributed by atoms with Crippen molar-refractivity contribution >= 4 is 51.4 Å². The quantitative estimate of drug-likeness (QED) is 0.398. The standard InChI is InChI=1S/C21H22ClN3O2S2/c1-28-20-19(15-5-7-16(22)8-6-15)29-21(23-13-3-2-4-14-23)24(20)17-9-11-18(12-10-17)25(26)27/h5-12,21H,2-4,13-14H2,1H3/t21-/m0/s1. The van der Waals surface area contributed by atoms with Crippen molar-refractivity contribution in [3.8, 4) is 0 Å². The summed E-state index contributed by atoms with van der Waals surface area (Å²) < 4.78 is 0. The van der Waals surface area contributed by atoms with Gasteiger partial charge in [-0.2, -0.15) is 0 Å². The van der Waals surface area contributed by atoms with Crippen molar-refractivity contribution in [3.63, 3.8) is 0 Å². The lowest BCUT2D eigenvalue weighted by atomic mass is 10.1. The Kier molecular flexibility index (Phi) is 6.39. The van der Waals surface area contributed by atoms with Crippen molar-refractivity contribution in [1.29, 1.82) is 0 Å². The second-order valence-electron chi connectivity index (χ2n) is 7.03. The highest BCUT2D eigenvalue weighted by Gasteiger charge is 2.38. The Balaban J connectivity index is 1.76. The number of nitro groups is 1. The highest BCUT2D eigenvalue weighted by molar-refractivity contribution is 8.12. The first-order valence-corrected chi connectivity index (χ1v) is 12.1. The average Bonchev–Trinajstić information content (AvgIpc) is 3.14. The van der Waals surface area contributed by atoms with Gasteiger partial charge in [-0.05, 0) is 48.9 Å². The Labute approximate surface area is 184 Å². The van der Waals surface area contributed by atoms with Crippen LogP contribution in [0.15, 0.2) is 53.6 Å². The van der Waals surface area contributed by atoms with Gasteiger partial charge >= 0.3 is 0 Å². The Morgan fingerprint density at radius 2 is 1.72 bits per heavy atom. The third kappa shape index (κ3) is 4.28. The minimum Gasteiger partial charge on any atom is -0.309 e. The lowest BCUT2D eigenvalue weighted by Crippen LogP contribution is -2.45. The molecule has 4 rings (SSSR count). The molecule has 2 aromatic carbocycles. The summed E-state index contributed by atoms with van der Waals surface area (Å²) in [6.45, 7) is 2.13.